The second-order valence-corrected chi connectivity index (χ2v) is 1.50. The van der Waals surface area contributed by atoms with E-state index in [1.807, 2.05) is 0 Å². The van der Waals surface area contributed by atoms with Gasteiger partial charge in [0.2, 0.25) is 0 Å². The Morgan fingerprint density at radius 1 is 1.75 bits per heavy atom. The molecule has 4 heavy (non-hydrogen) atoms. The van der Waals surface area contributed by atoms with E-state index in [2.05, 4.69) is 10.4 Å². The van der Waals surface area contributed by atoms with E-state index in [1.54, 1.807) is 0 Å². The van der Waals surface area contributed by atoms with Crippen LogP contribution in [0.15, 0.2) is 0 Å². The summed E-state index contributed by atoms with van der Waals surface area (Å²) in [6.45, 7) is 0. The quantitative estimate of drug-likeness (QED) is 0.323. The van der Waals surface area contributed by atoms with Crippen molar-refractivity contribution in [1.29, 1.82) is 0 Å². The van der Waals surface area contributed by atoms with Gasteiger partial charge in [-0.15, -0.1) is 0 Å². The van der Waals surface area contributed by atoms with Crippen molar-refractivity contribution in [2.75, 3.05) is 0 Å². The Bertz CT molecular complexity index is 15.5. The van der Waals surface area contributed by atoms with Crippen LogP contribution in [-0.4, -0.2) is 14.4 Å². The summed E-state index contributed by atoms with van der Waals surface area (Å²) in [5.74, 6) is 0. The third kappa shape index (κ3) is 9.28. The zero-order valence-corrected chi connectivity index (χ0v) is 7.63. The molecule has 0 aromatic carbocycles. The van der Waals surface area contributed by atoms with Crippen molar-refractivity contribution >= 4 is 24.8 Å². The van der Waals surface area contributed by atoms with Crippen LogP contribution in [0.2, 0.25) is 0 Å². The zero-order chi connectivity index (χ0) is 2.71. The van der Waals surface area contributed by atoms with Crippen LogP contribution in [0.5, 0.6) is 0 Å². The molecule has 0 N–H and O–H groups in total. The summed E-state index contributed by atoms with van der Waals surface area (Å²) in [4.78, 5) is 0. The van der Waals surface area contributed by atoms with E-state index >= 15 is 0 Å². The van der Waals surface area contributed by atoms with E-state index in [-0.39, 0.29) is 29.6 Å². The van der Waals surface area contributed by atoms with Gasteiger partial charge in [-0.3, -0.25) is 0 Å². The molecule has 0 rings (SSSR count). The van der Waals surface area contributed by atoms with Gasteiger partial charge in [-0.25, -0.2) is 0 Å². The molecule has 0 aliphatic carbocycles. The molecule has 0 bridgehead atoms. The molecule has 0 amide bonds. The summed E-state index contributed by atoms with van der Waals surface area (Å²) >= 11 is -1.35. The van der Waals surface area contributed by atoms with Gasteiger partial charge in [0.05, 0.1) is 0 Å². The van der Waals surface area contributed by atoms with Crippen LogP contribution in [0.1, 0.15) is 0 Å². The van der Waals surface area contributed by atoms with Gasteiger partial charge in [-0.1, -0.05) is 0 Å². The Hall–Kier alpha value is 1.74. The van der Waals surface area contributed by atoms with Crippen LogP contribution in [0.4, 0.5) is 0 Å². The van der Waals surface area contributed by atoms with E-state index in [0.29, 0.717) is 0 Å². The topological polar surface area (TPSA) is 23.1 Å². The monoisotopic (exact) mass is 148 g/mol. The molecule has 0 saturated carbocycles. The molecule has 1 unspecified atom stereocenters. The van der Waals surface area contributed by atoms with Crippen LogP contribution >= 0.6 is 10.4 Å². The van der Waals surface area contributed by atoms with Gasteiger partial charge in [0, 0.05) is 0 Å². The van der Waals surface area contributed by atoms with Gasteiger partial charge in [-0.2, -0.15) is 0 Å². The Morgan fingerprint density at radius 3 is 1.75 bits per heavy atom. The summed E-state index contributed by atoms with van der Waals surface area (Å²) in [7, 11) is 3.99. The second kappa shape index (κ2) is 8.83. The fourth-order valence-electron chi connectivity index (χ4n) is 0. The molecule has 0 spiro atoms. The zero-order valence-electron chi connectivity index (χ0n) is 2.39. The normalized spacial score (nSPS) is 7.25. The van der Waals surface area contributed by atoms with Crippen LogP contribution in [0, 0.1) is 0 Å². The fourth-order valence-corrected chi connectivity index (χ4v) is 0. The van der Waals surface area contributed by atoms with Crippen molar-refractivity contribution in [3.8, 4) is 0 Å². The molecule has 0 aromatic rings. The third-order valence-corrected chi connectivity index (χ3v) is 0. The van der Waals surface area contributed by atoms with E-state index in [0.717, 1.165) is 0 Å². The summed E-state index contributed by atoms with van der Waals surface area (Å²) in [5, 5.41) is 0. The van der Waals surface area contributed by atoms with Crippen molar-refractivity contribution < 1.29 is 33.7 Å². The Labute approximate surface area is 57.9 Å². The number of hydrogen-bond acceptors (Lipinski definition) is 2. The van der Waals surface area contributed by atoms with Crippen LogP contribution in [-0.2, 0) is 0 Å². The van der Waals surface area contributed by atoms with Crippen LogP contribution < -0.4 is 33.7 Å². The van der Waals surface area contributed by atoms with E-state index in [1.165, 1.54) is 0 Å². The first-order chi connectivity index (χ1) is 1.41. The van der Waals surface area contributed by atoms with Crippen molar-refractivity contribution in [2.45, 2.75) is 0 Å². The van der Waals surface area contributed by atoms with Gasteiger partial charge >= 0.3 is 58.5 Å². The molecule has 20 valence electrons. The maximum atomic E-state index is 8.90. The predicted octanol–water partition coefficient (Wildman–Crippen LogP) is -4.45. The van der Waals surface area contributed by atoms with E-state index in [9.17, 15) is 0 Å². The minimum absolute atomic E-state index is 0. The second-order valence-electron chi connectivity index (χ2n) is 0.0962. The average Bonchev–Trinajstić information content (AvgIpc) is 0.918. The number of rotatable bonds is 0. The molecule has 1 atom stereocenters. The average molecular weight is 148 g/mol. The summed E-state index contributed by atoms with van der Waals surface area (Å²) in [6.07, 6.45) is 0. The molecule has 0 saturated heterocycles. The first-order valence-electron chi connectivity index (χ1n) is 0.471. The Balaban J connectivity index is 0. The van der Waals surface area contributed by atoms with Crippen LogP contribution in [0.25, 0.3) is 0 Å². The standard InChI is InChI=1S/AsH3OS.Na/c2-1-3;/h1H2,(H,2,3);/q;+1/p-1. The molecular weight excluding hydrogens is 146 g/mol. The van der Waals surface area contributed by atoms with Crippen molar-refractivity contribution in [3.63, 3.8) is 0 Å². The third-order valence-electron chi connectivity index (χ3n) is 0. The first kappa shape index (κ1) is 9.22. The summed E-state index contributed by atoms with van der Waals surface area (Å²) < 4.78 is 8.90. The van der Waals surface area contributed by atoms with Gasteiger partial charge < -0.3 is 0 Å². The molecule has 0 aliphatic heterocycles. The Morgan fingerprint density at radius 2 is 1.75 bits per heavy atom. The first-order valence-corrected chi connectivity index (χ1v) is 4.90. The van der Waals surface area contributed by atoms with Gasteiger partial charge in [-0.05, 0) is 0 Å². The van der Waals surface area contributed by atoms with E-state index in [4.69, 9.17) is 4.10 Å². The summed E-state index contributed by atoms with van der Waals surface area (Å²) in [6, 6.07) is 0. The molecule has 0 radical (unpaired) electrons. The van der Waals surface area contributed by atoms with Gasteiger partial charge in [0.25, 0.3) is 0 Å². The molecule has 4 heteroatoms. The SMILES string of the molecule is [Na+].[O-][AsH2]=S. The van der Waals surface area contributed by atoms with Crippen molar-refractivity contribution in [1.82, 2.24) is 0 Å². The fraction of sp³-hybridized carbons (Fsp3) is 0. The molecular formula is H2AsNaOS. The number of hydrogen-bond donors (Lipinski definition) is 0. The van der Waals surface area contributed by atoms with Crippen molar-refractivity contribution in [3.05, 3.63) is 0 Å². The van der Waals surface area contributed by atoms with Crippen LogP contribution in [0.3, 0.4) is 0 Å². The van der Waals surface area contributed by atoms with Gasteiger partial charge in [0.1, 0.15) is 0 Å². The molecule has 0 aliphatic rings. The van der Waals surface area contributed by atoms with Gasteiger partial charge in [0.15, 0.2) is 0 Å². The van der Waals surface area contributed by atoms with Crippen molar-refractivity contribution in [2.24, 2.45) is 0 Å². The minimum atomic E-state index is -1.35. The molecule has 0 aromatic heterocycles. The molecule has 0 heterocycles. The van der Waals surface area contributed by atoms with E-state index < -0.39 is 14.4 Å². The molecule has 1 nitrogen and oxygen atoms in total. The summed E-state index contributed by atoms with van der Waals surface area (Å²) in [5.41, 5.74) is 0. The predicted molar refractivity (Wildman–Crippen MR) is 16.1 cm³/mol. The molecule has 0 fully saturated rings. The Kier molecular flexibility index (Phi) is 20.4. The maximum absolute atomic E-state index is 8.90.